The molecule has 0 radical (unpaired) electrons. The number of hydrogen-bond donors (Lipinski definition) is 1. The summed E-state index contributed by atoms with van der Waals surface area (Å²) in [4.78, 5) is 23.6. The molecule has 2 rings (SSSR count). The molecule has 124 valence electrons. The Morgan fingerprint density at radius 1 is 1.13 bits per heavy atom. The molecule has 23 heavy (non-hydrogen) atoms. The van der Waals surface area contributed by atoms with Gasteiger partial charge >= 0.3 is 5.97 Å². The lowest BCUT2D eigenvalue weighted by atomic mass is 10.1. The Morgan fingerprint density at radius 3 is 2.52 bits per heavy atom. The largest absolute Gasteiger partial charge is 0.477 e. The second-order valence-electron chi connectivity index (χ2n) is 6.16. The number of aromatic carboxylic acids is 1. The summed E-state index contributed by atoms with van der Waals surface area (Å²) in [7, 11) is 0. The van der Waals surface area contributed by atoms with Crippen molar-refractivity contribution in [2.45, 2.75) is 58.9 Å². The van der Waals surface area contributed by atoms with Crippen LogP contribution in [0.15, 0.2) is 29.2 Å². The predicted octanol–water partition coefficient (Wildman–Crippen LogP) is 4.37. The van der Waals surface area contributed by atoms with Crippen molar-refractivity contribution < 1.29 is 9.90 Å². The van der Waals surface area contributed by atoms with Crippen molar-refractivity contribution in [3.05, 3.63) is 45.7 Å². The van der Waals surface area contributed by atoms with E-state index in [2.05, 4.69) is 6.92 Å². The van der Waals surface area contributed by atoms with Gasteiger partial charge in [0, 0.05) is 18.1 Å². The van der Waals surface area contributed by atoms with Crippen LogP contribution in [0.3, 0.4) is 0 Å². The second-order valence-corrected chi connectivity index (χ2v) is 6.16. The van der Waals surface area contributed by atoms with Crippen LogP contribution < -0.4 is 5.43 Å². The number of carboxylic acid groups (broad SMARTS) is 1. The quantitative estimate of drug-likeness (QED) is 0.736. The number of benzene rings is 1. The first kappa shape index (κ1) is 17.3. The highest BCUT2D eigenvalue weighted by molar-refractivity contribution is 5.92. The molecule has 2 aromatic rings. The molecule has 0 spiro atoms. The molecule has 1 aromatic heterocycles. The number of hydrogen-bond acceptors (Lipinski definition) is 2. The van der Waals surface area contributed by atoms with Crippen molar-refractivity contribution in [3.8, 4) is 0 Å². The van der Waals surface area contributed by atoms with Gasteiger partial charge in [0.05, 0.1) is 5.52 Å². The fraction of sp³-hybridized carbons (Fsp3) is 0.474. The van der Waals surface area contributed by atoms with Crippen molar-refractivity contribution in [2.24, 2.45) is 0 Å². The normalized spacial score (nSPS) is 11.0. The zero-order chi connectivity index (χ0) is 16.8. The highest BCUT2D eigenvalue weighted by Crippen LogP contribution is 2.16. The Morgan fingerprint density at radius 2 is 1.83 bits per heavy atom. The Labute approximate surface area is 136 Å². The van der Waals surface area contributed by atoms with Crippen molar-refractivity contribution in [1.29, 1.82) is 0 Å². The molecule has 0 aliphatic heterocycles. The molecule has 4 heteroatoms. The lowest BCUT2D eigenvalue weighted by molar-refractivity contribution is 0.0695. The standard InChI is InChI=1S/C19H25NO3/c1-3-4-5-6-7-8-11-20-13-16(19(22)23)18(21)15-10-9-14(2)12-17(15)20/h9-10,12-13H,3-8,11H2,1-2H3,(H,22,23). The summed E-state index contributed by atoms with van der Waals surface area (Å²) >= 11 is 0. The molecule has 0 saturated heterocycles. The summed E-state index contributed by atoms with van der Waals surface area (Å²) in [6.45, 7) is 4.92. The maximum absolute atomic E-state index is 12.3. The van der Waals surface area contributed by atoms with Gasteiger partial charge in [-0.05, 0) is 31.0 Å². The van der Waals surface area contributed by atoms with E-state index in [1.54, 1.807) is 6.07 Å². The molecule has 1 heterocycles. The maximum atomic E-state index is 12.3. The van der Waals surface area contributed by atoms with E-state index in [9.17, 15) is 14.7 Å². The topological polar surface area (TPSA) is 59.3 Å². The van der Waals surface area contributed by atoms with Crippen LogP contribution in [0.2, 0.25) is 0 Å². The summed E-state index contributed by atoms with van der Waals surface area (Å²) in [6, 6.07) is 5.54. The number of rotatable bonds is 8. The van der Waals surface area contributed by atoms with Crippen LogP contribution in [0.25, 0.3) is 10.9 Å². The Balaban J connectivity index is 2.26. The van der Waals surface area contributed by atoms with E-state index in [0.717, 1.165) is 30.5 Å². The molecule has 1 aromatic carbocycles. The molecular weight excluding hydrogens is 290 g/mol. The van der Waals surface area contributed by atoms with Crippen molar-refractivity contribution in [2.75, 3.05) is 0 Å². The van der Waals surface area contributed by atoms with Gasteiger partial charge in [0.25, 0.3) is 0 Å². The van der Waals surface area contributed by atoms with E-state index in [1.807, 2.05) is 23.6 Å². The van der Waals surface area contributed by atoms with Crippen LogP contribution in [0.5, 0.6) is 0 Å². The minimum atomic E-state index is -1.16. The Bertz CT molecular complexity index is 746. The molecule has 4 nitrogen and oxygen atoms in total. The van der Waals surface area contributed by atoms with Crippen molar-refractivity contribution >= 4 is 16.9 Å². The van der Waals surface area contributed by atoms with E-state index in [-0.39, 0.29) is 5.56 Å². The molecular formula is C19H25NO3. The zero-order valence-electron chi connectivity index (χ0n) is 14.0. The summed E-state index contributed by atoms with van der Waals surface area (Å²) in [5.74, 6) is -1.16. The SMILES string of the molecule is CCCCCCCCn1cc(C(=O)O)c(=O)c2ccc(C)cc21. The van der Waals surface area contributed by atoms with E-state index >= 15 is 0 Å². The smallest absolute Gasteiger partial charge is 0.341 e. The first-order valence-electron chi connectivity index (χ1n) is 8.41. The summed E-state index contributed by atoms with van der Waals surface area (Å²) < 4.78 is 1.92. The molecule has 0 saturated carbocycles. The van der Waals surface area contributed by atoms with E-state index in [1.165, 1.54) is 31.9 Å². The van der Waals surface area contributed by atoms with Gasteiger partial charge in [0.15, 0.2) is 0 Å². The summed E-state index contributed by atoms with van der Waals surface area (Å²) in [6.07, 6.45) is 8.57. The van der Waals surface area contributed by atoms with Crippen LogP contribution in [-0.4, -0.2) is 15.6 Å². The maximum Gasteiger partial charge on any atom is 0.341 e. The van der Waals surface area contributed by atoms with Crippen molar-refractivity contribution in [1.82, 2.24) is 4.57 Å². The predicted molar refractivity (Wildman–Crippen MR) is 93.3 cm³/mol. The van der Waals surface area contributed by atoms with Gasteiger partial charge in [-0.2, -0.15) is 0 Å². The zero-order valence-corrected chi connectivity index (χ0v) is 14.0. The number of carboxylic acids is 1. The van der Waals surface area contributed by atoms with Crippen LogP contribution in [0, 0.1) is 6.92 Å². The van der Waals surface area contributed by atoms with Gasteiger partial charge in [-0.15, -0.1) is 0 Å². The summed E-state index contributed by atoms with van der Waals surface area (Å²) in [5, 5.41) is 9.75. The number of unbranched alkanes of at least 4 members (excludes halogenated alkanes) is 5. The highest BCUT2D eigenvalue weighted by Gasteiger charge is 2.14. The van der Waals surface area contributed by atoms with Crippen LogP contribution in [-0.2, 0) is 6.54 Å². The molecule has 0 bridgehead atoms. The lowest BCUT2D eigenvalue weighted by Crippen LogP contribution is -2.19. The molecule has 0 aliphatic rings. The van der Waals surface area contributed by atoms with Gasteiger partial charge < -0.3 is 9.67 Å². The number of fused-ring (bicyclic) bond motifs is 1. The van der Waals surface area contributed by atoms with Crippen LogP contribution >= 0.6 is 0 Å². The van der Waals surface area contributed by atoms with E-state index in [0.29, 0.717) is 5.39 Å². The average molecular weight is 315 g/mol. The van der Waals surface area contributed by atoms with E-state index < -0.39 is 11.4 Å². The molecule has 0 atom stereocenters. The highest BCUT2D eigenvalue weighted by atomic mass is 16.4. The second kappa shape index (κ2) is 7.95. The van der Waals surface area contributed by atoms with Gasteiger partial charge in [-0.25, -0.2) is 4.79 Å². The third-order valence-corrected chi connectivity index (χ3v) is 4.22. The third-order valence-electron chi connectivity index (χ3n) is 4.22. The molecule has 0 fully saturated rings. The lowest BCUT2D eigenvalue weighted by Gasteiger charge is -2.13. The van der Waals surface area contributed by atoms with Gasteiger partial charge in [0.2, 0.25) is 5.43 Å². The van der Waals surface area contributed by atoms with Gasteiger partial charge in [-0.1, -0.05) is 45.1 Å². The Kier molecular flexibility index (Phi) is 5.97. The fourth-order valence-corrected chi connectivity index (χ4v) is 2.90. The monoisotopic (exact) mass is 315 g/mol. The number of aryl methyl sites for hydroxylation is 2. The number of nitrogens with zero attached hydrogens (tertiary/aromatic N) is 1. The Hall–Kier alpha value is -2.10. The molecule has 0 aliphatic carbocycles. The van der Waals surface area contributed by atoms with Gasteiger partial charge in [-0.3, -0.25) is 4.79 Å². The van der Waals surface area contributed by atoms with Crippen molar-refractivity contribution in [3.63, 3.8) is 0 Å². The number of carbonyl (C=O) groups is 1. The molecule has 0 unspecified atom stereocenters. The molecule has 1 N–H and O–H groups in total. The number of aromatic nitrogens is 1. The van der Waals surface area contributed by atoms with Crippen LogP contribution in [0.4, 0.5) is 0 Å². The average Bonchev–Trinajstić information content (AvgIpc) is 2.52. The molecule has 0 amide bonds. The first-order valence-corrected chi connectivity index (χ1v) is 8.41. The van der Waals surface area contributed by atoms with Crippen LogP contribution in [0.1, 0.15) is 61.4 Å². The minimum Gasteiger partial charge on any atom is -0.477 e. The fourth-order valence-electron chi connectivity index (χ4n) is 2.90. The van der Waals surface area contributed by atoms with Gasteiger partial charge in [0.1, 0.15) is 5.56 Å². The third kappa shape index (κ3) is 4.21. The first-order chi connectivity index (χ1) is 11.0. The van der Waals surface area contributed by atoms with E-state index in [4.69, 9.17) is 0 Å². The minimum absolute atomic E-state index is 0.146. The summed E-state index contributed by atoms with van der Waals surface area (Å²) in [5.41, 5.74) is 1.35. The number of pyridine rings is 1.